The van der Waals surface area contributed by atoms with Crippen molar-refractivity contribution < 1.29 is 44.0 Å². The molecule has 222 valence electrons. The highest BCUT2D eigenvalue weighted by Gasteiger charge is 2.74. The van der Waals surface area contributed by atoms with E-state index in [-0.39, 0.29) is 54.8 Å². The number of aliphatic hydroxyl groups is 3. The van der Waals surface area contributed by atoms with E-state index in [1.807, 2.05) is 20.8 Å². The first-order valence-electron chi connectivity index (χ1n) is 14.3. The van der Waals surface area contributed by atoms with Crippen molar-refractivity contribution in [1.82, 2.24) is 0 Å². The van der Waals surface area contributed by atoms with Crippen molar-refractivity contribution in [3.05, 3.63) is 11.1 Å². The van der Waals surface area contributed by atoms with E-state index in [4.69, 9.17) is 4.74 Å². The van der Waals surface area contributed by atoms with Gasteiger partial charge in [-0.1, -0.05) is 41.5 Å². The second-order valence-corrected chi connectivity index (χ2v) is 14.2. The number of Topliss-reactive ketones (excluding diaryl/α,β-unsaturated/α-hetero) is 4. The molecule has 40 heavy (non-hydrogen) atoms. The first-order valence-corrected chi connectivity index (χ1v) is 14.3. The summed E-state index contributed by atoms with van der Waals surface area (Å²) in [5, 5.41) is 35.1. The van der Waals surface area contributed by atoms with Gasteiger partial charge in [0.25, 0.3) is 0 Å². The highest BCUT2D eigenvalue weighted by molar-refractivity contribution is 6.13. The Morgan fingerprint density at radius 3 is 2.25 bits per heavy atom. The second-order valence-electron chi connectivity index (χ2n) is 14.2. The molecule has 0 unspecified atom stereocenters. The number of ketones is 4. The molecule has 0 aromatic heterocycles. The normalized spacial score (nSPS) is 41.0. The molecule has 2 fully saturated rings. The van der Waals surface area contributed by atoms with E-state index >= 15 is 0 Å². The highest BCUT2D eigenvalue weighted by atomic mass is 16.5. The van der Waals surface area contributed by atoms with Crippen molar-refractivity contribution in [2.75, 3.05) is 7.11 Å². The van der Waals surface area contributed by atoms with Gasteiger partial charge in [0.05, 0.1) is 24.7 Å². The third-order valence-corrected chi connectivity index (χ3v) is 11.7. The van der Waals surface area contributed by atoms with Crippen LogP contribution in [-0.2, 0) is 28.7 Å². The molecule has 0 amide bonds. The van der Waals surface area contributed by atoms with Crippen molar-refractivity contribution in [1.29, 1.82) is 0 Å². The van der Waals surface area contributed by atoms with Gasteiger partial charge in [-0.15, -0.1) is 0 Å². The molecule has 0 spiro atoms. The summed E-state index contributed by atoms with van der Waals surface area (Å²) in [6.07, 6.45) is -2.76. The van der Waals surface area contributed by atoms with Crippen LogP contribution in [0.25, 0.3) is 0 Å². The molecule has 9 atom stereocenters. The lowest BCUT2D eigenvalue weighted by molar-refractivity contribution is -0.168. The number of hydrogen-bond donors (Lipinski definition) is 3. The number of ether oxygens (including phenoxy) is 1. The van der Waals surface area contributed by atoms with E-state index in [1.165, 1.54) is 14.0 Å². The number of aliphatic hydroxyl groups excluding tert-OH is 2. The van der Waals surface area contributed by atoms with Crippen LogP contribution < -0.4 is 0 Å². The SMILES string of the molecule is COC(=O)[C@H](C)CC(=O)C[C@](C)(O)[C@H]1C[C@H](O)[C@@]2(C)C3=C(C(=O)[C@@H](O)[C@]12C)[C@@]1(C)CCC(=O)C(C)(C)[C@@H]1CC3=O. The van der Waals surface area contributed by atoms with Crippen molar-refractivity contribution in [2.24, 2.45) is 39.4 Å². The molecule has 3 N–H and O–H groups in total. The molecule has 0 aromatic rings. The zero-order chi connectivity index (χ0) is 30.4. The molecule has 9 nitrogen and oxygen atoms in total. The standard InChI is InChI=1S/C31H44O9/c1-15(26(38)40-8)11-16(32)14-29(5,39)19-13-21(35)31(7)22-17(33)12-18-27(2,3)20(34)9-10-28(18,4)23(22)24(36)25(37)30(19,31)6/h15,18-19,21,25,35,37,39H,9-14H2,1-8H3/t15-,18+,19-,21+,25-,28+,29+,30+,31+/m1/s1. The predicted octanol–water partition coefficient (Wildman–Crippen LogP) is 2.51. The van der Waals surface area contributed by atoms with Gasteiger partial charge in [-0.2, -0.15) is 0 Å². The van der Waals surface area contributed by atoms with E-state index in [1.54, 1.807) is 20.8 Å². The van der Waals surface area contributed by atoms with Crippen LogP contribution in [0.4, 0.5) is 0 Å². The topological polar surface area (TPSA) is 155 Å². The van der Waals surface area contributed by atoms with E-state index < -0.39 is 74.8 Å². The number of carbonyl (C=O) groups is 5. The molecule has 0 radical (unpaired) electrons. The maximum atomic E-state index is 14.2. The fourth-order valence-electron chi connectivity index (χ4n) is 9.17. The van der Waals surface area contributed by atoms with Crippen LogP contribution in [0.1, 0.15) is 87.0 Å². The van der Waals surface area contributed by atoms with Crippen LogP contribution in [-0.4, -0.2) is 69.3 Å². The van der Waals surface area contributed by atoms with Gasteiger partial charge in [0.2, 0.25) is 0 Å². The van der Waals surface area contributed by atoms with Gasteiger partial charge in [-0.25, -0.2) is 0 Å². The van der Waals surface area contributed by atoms with E-state index in [2.05, 4.69) is 0 Å². The Bertz CT molecular complexity index is 1210. The maximum Gasteiger partial charge on any atom is 0.308 e. The Morgan fingerprint density at radius 2 is 1.68 bits per heavy atom. The van der Waals surface area contributed by atoms with E-state index in [0.29, 0.717) is 6.42 Å². The van der Waals surface area contributed by atoms with Gasteiger partial charge in [0.1, 0.15) is 17.7 Å². The van der Waals surface area contributed by atoms with Crippen molar-refractivity contribution in [2.45, 2.75) is 105 Å². The van der Waals surface area contributed by atoms with Gasteiger partial charge < -0.3 is 20.1 Å². The van der Waals surface area contributed by atoms with Crippen LogP contribution in [0.3, 0.4) is 0 Å². The molecule has 0 heterocycles. The monoisotopic (exact) mass is 560 g/mol. The summed E-state index contributed by atoms with van der Waals surface area (Å²) in [5.41, 5.74) is -5.89. The number of esters is 1. The molecule has 4 rings (SSSR count). The van der Waals surface area contributed by atoms with Crippen LogP contribution in [0.2, 0.25) is 0 Å². The zero-order valence-electron chi connectivity index (χ0n) is 24.9. The molecule has 9 heteroatoms. The number of fused-ring (bicyclic) bond motifs is 4. The summed E-state index contributed by atoms with van der Waals surface area (Å²) in [6.45, 7) is 11.8. The summed E-state index contributed by atoms with van der Waals surface area (Å²) in [6, 6.07) is 0. The lowest BCUT2D eigenvalue weighted by Crippen LogP contribution is -2.65. The van der Waals surface area contributed by atoms with Gasteiger partial charge in [0.15, 0.2) is 11.6 Å². The summed E-state index contributed by atoms with van der Waals surface area (Å²) in [5.74, 6) is -3.90. The predicted molar refractivity (Wildman–Crippen MR) is 144 cm³/mol. The van der Waals surface area contributed by atoms with E-state index in [9.17, 15) is 39.3 Å². The summed E-state index contributed by atoms with van der Waals surface area (Å²) in [7, 11) is 1.23. The van der Waals surface area contributed by atoms with Crippen LogP contribution in [0, 0.1) is 39.4 Å². The van der Waals surface area contributed by atoms with Crippen LogP contribution in [0.5, 0.6) is 0 Å². The molecule has 0 aliphatic heterocycles. The smallest absolute Gasteiger partial charge is 0.308 e. The minimum atomic E-state index is -1.76. The summed E-state index contributed by atoms with van der Waals surface area (Å²) in [4.78, 5) is 65.8. The maximum absolute atomic E-state index is 14.2. The molecule has 0 saturated heterocycles. The number of hydrogen-bond acceptors (Lipinski definition) is 9. The average Bonchev–Trinajstić information content (AvgIpc) is 3.08. The number of rotatable bonds is 6. The van der Waals surface area contributed by atoms with E-state index in [0.717, 1.165) is 0 Å². The fourth-order valence-corrected chi connectivity index (χ4v) is 9.17. The van der Waals surface area contributed by atoms with Gasteiger partial charge in [-0.05, 0) is 31.6 Å². The Labute approximate surface area is 235 Å². The fraction of sp³-hybridized carbons (Fsp3) is 0.774. The molecule has 4 aliphatic carbocycles. The third-order valence-electron chi connectivity index (χ3n) is 11.7. The summed E-state index contributed by atoms with van der Waals surface area (Å²) < 4.78 is 4.69. The molecule has 0 bridgehead atoms. The van der Waals surface area contributed by atoms with Gasteiger partial charge in [0, 0.05) is 58.5 Å². The number of carbonyl (C=O) groups excluding carboxylic acids is 5. The number of methoxy groups -OCH3 is 1. The Kier molecular flexibility index (Phi) is 7.21. The van der Waals surface area contributed by atoms with Gasteiger partial charge >= 0.3 is 5.97 Å². The van der Waals surface area contributed by atoms with Gasteiger partial charge in [-0.3, -0.25) is 24.0 Å². The van der Waals surface area contributed by atoms with Crippen molar-refractivity contribution >= 4 is 29.1 Å². The minimum absolute atomic E-state index is 0.0369. The Balaban J connectivity index is 1.81. The van der Waals surface area contributed by atoms with Crippen LogP contribution >= 0.6 is 0 Å². The largest absolute Gasteiger partial charge is 0.469 e. The van der Waals surface area contributed by atoms with Crippen molar-refractivity contribution in [3.63, 3.8) is 0 Å². The van der Waals surface area contributed by atoms with Crippen LogP contribution in [0.15, 0.2) is 11.1 Å². The van der Waals surface area contributed by atoms with Crippen molar-refractivity contribution in [3.8, 4) is 0 Å². The molecule has 0 aromatic carbocycles. The Morgan fingerprint density at radius 1 is 1.07 bits per heavy atom. The molecular weight excluding hydrogens is 516 g/mol. The second kappa shape index (κ2) is 9.39. The average molecular weight is 561 g/mol. The first kappa shape index (κ1) is 30.7. The quantitative estimate of drug-likeness (QED) is 0.416. The molecule has 4 aliphatic rings. The lowest BCUT2D eigenvalue weighted by Gasteiger charge is -2.60. The highest BCUT2D eigenvalue weighted by Crippen LogP contribution is 2.71. The zero-order valence-corrected chi connectivity index (χ0v) is 24.9. The minimum Gasteiger partial charge on any atom is -0.469 e. The lowest BCUT2D eigenvalue weighted by atomic mass is 9.42. The third kappa shape index (κ3) is 3.87. The first-order chi connectivity index (χ1) is 18.2. The molecule has 2 saturated carbocycles. The Hall–Kier alpha value is -2.23. The molecular formula is C31H44O9. The summed E-state index contributed by atoms with van der Waals surface area (Å²) >= 11 is 0.